The molecular weight excluding hydrogens is 217 g/mol. The van der Waals surface area contributed by atoms with Gasteiger partial charge < -0.3 is 4.57 Å². The highest BCUT2D eigenvalue weighted by atomic mass is 32.3. The van der Waals surface area contributed by atoms with Crippen molar-refractivity contribution in [2.45, 2.75) is 5.75 Å². The van der Waals surface area contributed by atoms with Crippen LogP contribution >= 0.6 is 0 Å². The molecule has 1 heterocycles. The van der Waals surface area contributed by atoms with Gasteiger partial charge >= 0.3 is 10.2 Å². The minimum atomic E-state index is -4.47. The second-order valence-electron chi connectivity index (χ2n) is 3.47. The van der Waals surface area contributed by atoms with Gasteiger partial charge in [-0.25, -0.2) is 0 Å². The van der Waals surface area contributed by atoms with Crippen LogP contribution in [0.25, 0.3) is 10.9 Å². The van der Waals surface area contributed by atoms with Gasteiger partial charge in [0.2, 0.25) is 0 Å². The molecule has 0 radical (unpaired) electrons. The lowest BCUT2D eigenvalue weighted by molar-refractivity contribution is 0.551. The van der Waals surface area contributed by atoms with Gasteiger partial charge in [0.15, 0.2) is 0 Å². The Morgan fingerprint density at radius 1 is 1.33 bits per heavy atom. The van der Waals surface area contributed by atoms with Crippen LogP contribution in [0.5, 0.6) is 0 Å². The SMILES string of the molecule is Cn1cc(CS(=O)(=O)F)c2ccccc21. The van der Waals surface area contributed by atoms with Crippen molar-refractivity contribution >= 4 is 21.1 Å². The van der Waals surface area contributed by atoms with E-state index in [0.717, 1.165) is 10.9 Å². The van der Waals surface area contributed by atoms with Crippen molar-refractivity contribution in [3.8, 4) is 0 Å². The molecule has 2 aromatic rings. The lowest BCUT2D eigenvalue weighted by atomic mass is 10.2. The van der Waals surface area contributed by atoms with Crippen LogP contribution in [0.1, 0.15) is 5.56 Å². The first-order chi connectivity index (χ1) is 6.97. The summed E-state index contributed by atoms with van der Waals surface area (Å²) in [6, 6.07) is 7.31. The first kappa shape index (κ1) is 10.2. The molecule has 0 bridgehead atoms. The fourth-order valence-corrected chi connectivity index (χ4v) is 2.33. The molecule has 3 nitrogen and oxygen atoms in total. The number of aryl methyl sites for hydroxylation is 1. The molecule has 15 heavy (non-hydrogen) atoms. The summed E-state index contributed by atoms with van der Waals surface area (Å²) < 4.78 is 35.5. The quantitative estimate of drug-likeness (QED) is 0.736. The Morgan fingerprint density at radius 3 is 2.67 bits per heavy atom. The zero-order chi connectivity index (χ0) is 11.1. The van der Waals surface area contributed by atoms with E-state index in [1.165, 1.54) is 0 Å². The molecular formula is C10H10FNO2S. The van der Waals surface area contributed by atoms with E-state index in [4.69, 9.17) is 0 Å². The van der Waals surface area contributed by atoms with E-state index in [-0.39, 0.29) is 0 Å². The molecule has 0 aliphatic carbocycles. The van der Waals surface area contributed by atoms with Gasteiger partial charge in [-0.1, -0.05) is 18.2 Å². The molecule has 1 aromatic heterocycles. The largest absolute Gasteiger partial charge is 0.350 e. The molecule has 0 N–H and O–H groups in total. The normalized spacial score (nSPS) is 12.1. The van der Waals surface area contributed by atoms with Gasteiger partial charge in [-0.2, -0.15) is 8.42 Å². The van der Waals surface area contributed by atoms with Gasteiger partial charge in [0.05, 0.1) is 0 Å². The first-order valence-corrected chi connectivity index (χ1v) is 5.98. The van der Waals surface area contributed by atoms with E-state index in [9.17, 15) is 12.3 Å². The van der Waals surface area contributed by atoms with Crippen LogP contribution in [0, 0.1) is 0 Å². The van der Waals surface area contributed by atoms with Gasteiger partial charge in [-0.3, -0.25) is 0 Å². The fraction of sp³-hybridized carbons (Fsp3) is 0.200. The number of halogens is 1. The lowest BCUT2D eigenvalue weighted by Gasteiger charge is -1.94. The van der Waals surface area contributed by atoms with E-state index in [1.807, 2.05) is 12.1 Å². The third kappa shape index (κ3) is 2.02. The maximum Gasteiger partial charge on any atom is 0.306 e. The molecule has 0 fully saturated rings. The molecule has 0 saturated carbocycles. The number of para-hydroxylation sites is 1. The highest BCUT2D eigenvalue weighted by molar-refractivity contribution is 7.85. The number of nitrogens with zero attached hydrogens (tertiary/aromatic N) is 1. The van der Waals surface area contributed by atoms with Crippen LogP contribution in [-0.2, 0) is 23.0 Å². The Morgan fingerprint density at radius 2 is 2.00 bits per heavy atom. The molecule has 2 rings (SSSR count). The van der Waals surface area contributed by atoms with Crippen LogP contribution < -0.4 is 0 Å². The Hall–Kier alpha value is -1.36. The molecule has 0 unspecified atom stereocenters. The van der Waals surface area contributed by atoms with E-state index in [2.05, 4.69) is 0 Å². The first-order valence-electron chi connectivity index (χ1n) is 4.42. The van der Waals surface area contributed by atoms with Gasteiger partial charge in [0.25, 0.3) is 0 Å². The van der Waals surface area contributed by atoms with Crippen molar-refractivity contribution in [1.82, 2.24) is 4.57 Å². The summed E-state index contributed by atoms with van der Waals surface area (Å²) in [5.41, 5.74) is 1.40. The van der Waals surface area contributed by atoms with E-state index >= 15 is 0 Å². The molecule has 80 valence electrons. The average molecular weight is 227 g/mol. The van der Waals surface area contributed by atoms with Crippen LogP contribution in [0.15, 0.2) is 30.5 Å². The predicted octanol–water partition coefficient (Wildman–Crippen LogP) is 1.98. The van der Waals surface area contributed by atoms with E-state index < -0.39 is 16.0 Å². The summed E-state index contributed by atoms with van der Waals surface area (Å²) in [4.78, 5) is 0. The summed E-state index contributed by atoms with van der Waals surface area (Å²) in [6.45, 7) is 0. The van der Waals surface area contributed by atoms with Crippen LogP contribution in [-0.4, -0.2) is 13.0 Å². The number of hydrogen-bond acceptors (Lipinski definition) is 2. The fourth-order valence-electron chi connectivity index (χ4n) is 1.73. The third-order valence-corrected chi connectivity index (χ3v) is 2.96. The number of fused-ring (bicyclic) bond motifs is 1. The monoisotopic (exact) mass is 227 g/mol. The van der Waals surface area contributed by atoms with Gasteiger partial charge in [0.1, 0.15) is 5.75 Å². The minimum absolute atomic E-state index is 0.496. The summed E-state index contributed by atoms with van der Waals surface area (Å²) in [7, 11) is -2.67. The summed E-state index contributed by atoms with van der Waals surface area (Å²) in [5.74, 6) is -0.561. The molecule has 5 heteroatoms. The van der Waals surface area contributed by atoms with E-state index in [1.54, 1.807) is 29.9 Å². The zero-order valence-corrected chi connectivity index (χ0v) is 8.96. The molecule has 1 aromatic carbocycles. The highest BCUT2D eigenvalue weighted by Gasteiger charge is 2.13. The zero-order valence-electron chi connectivity index (χ0n) is 8.14. The van der Waals surface area contributed by atoms with Gasteiger partial charge in [-0.05, 0) is 11.6 Å². The van der Waals surface area contributed by atoms with Gasteiger partial charge in [0, 0.05) is 24.1 Å². The van der Waals surface area contributed by atoms with Gasteiger partial charge in [-0.15, -0.1) is 3.89 Å². The smallest absolute Gasteiger partial charge is 0.306 e. The van der Waals surface area contributed by atoms with Crippen molar-refractivity contribution in [3.63, 3.8) is 0 Å². The third-order valence-electron chi connectivity index (χ3n) is 2.31. The standard InChI is InChI=1S/C10H10FNO2S/c1-12-6-8(7-15(11,13)14)9-4-2-3-5-10(9)12/h2-6H,7H2,1H3. The van der Waals surface area contributed by atoms with Crippen LogP contribution in [0.4, 0.5) is 3.89 Å². The number of hydrogen-bond donors (Lipinski definition) is 0. The molecule has 0 atom stereocenters. The van der Waals surface area contributed by atoms with Crippen LogP contribution in [0.2, 0.25) is 0 Å². The second kappa shape index (κ2) is 3.34. The summed E-state index contributed by atoms with van der Waals surface area (Å²) >= 11 is 0. The molecule has 0 saturated heterocycles. The summed E-state index contributed by atoms with van der Waals surface area (Å²) in [5, 5.41) is 0.779. The second-order valence-corrected chi connectivity index (χ2v) is 4.83. The number of benzene rings is 1. The summed E-state index contributed by atoms with van der Waals surface area (Å²) in [6.07, 6.45) is 1.64. The molecule has 0 aliphatic rings. The van der Waals surface area contributed by atoms with E-state index in [0.29, 0.717) is 5.56 Å². The Balaban J connectivity index is 2.62. The van der Waals surface area contributed by atoms with Crippen LogP contribution in [0.3, 0.4) is 0 Å². The molecule has 0 spiro atoms. The van der Waals surface area contributed by atoms with Crippen molar-refractivity contribution in [1.29, 1.82) is 0 Å². The molecule has 0 aliphatic heterocycles. The lowest BCUT2D eigenvalue weighted by Crippen LogP contribution is -1.95. The maximum atomic E-state index is 12.6. The topological polar surface area (TPSA) is 39.1 Å². The maximum absolute atomic E-state index is 12.6. The highest BCUT2D eigenvalue weighted by Crippen LogP contribution is 2.22. The number of rotatable bonds is 2. The van der Waals surface area contributed by atoms with Crippen molar-refractivity contribution in [2.75, 3.05) is 0 Å². The van der Waals surface area contributed by atoms with Crippen molar-refractivity contribution < 1.29 is 12.3 Å². The predicted molar refractivity (Wildman–Crippen MR) is 56.7 cm³/mol. The minimum Gasteiger partial charge on any atom is -0.350 e. The Kier molecular flexibility index (Phi) is 2.26. The Labute approximate surface area is 87.3 Å². The molecule has 0 amide bonds. The number of aromatic nitrogens is 1. The Bertz CT molecular complexity index is 601. The van der Waals surface area contributed by atoms with Crippen molar-refractivity contribution in [3.05, 3.63) is 36.0 Å². The van der Waals surface area contributed by atoms with Crippen molar-refractivity contribution in [2.24, 2.45) is 7.05 Å². The average Bonchev–Trinajstić information content (AvgIpc) is 2.42.